The van der Waals surface area contributed by atoms with E-state index in [2.05, 4.69) is 27.5 Å². The lowest BCUT2D eigenvalue weighted by atomic mass is 9.85. The first-order chi connectivity index (χ1) is 11.4. The molecule has 0 saturated heterocycles. The number of nitrogens with zero attached hydrogens (tertiary/aromatic N) is 3. The van der Waals surface area contributed by atoms with E-state index in [9.17, 15) is 14.9 Å². The van der Waals surface area contributed by atoms with Crippen molar-refractivity contribution in [3.63, 3.8) is 0 Å². The Morgan fingerprint density at radius 3 is 2.58 bits per heavy atom. The fraction of sp³-hybridized carbons (Fsp3) is 0.667. The highest BCUT2D eigenvalue weighted by Gasteiger charge is 2.38. The number of aromatic nitrogens is 2. The largest absolute Gasteiger partial charge is 0.369 e. The topological polar surface area (TPSA) is 136 Å². The second-order valence-corrected chi connectivity index (χ2v) is 6.97. The van der Waals surface area contributed by atoms with Crippen LogP contribution in [0.25, 0.3) is 0 Å². The lowest BCUT2D eigenvalue weighted by molar-refractivity contribution is -0.384. The maximum absolute atomic E-state index is 11.2. The number of anilines is 2. The molecule has 0 atom stereocenters. The van der Waals surface area contributed by atoms with Gasteiger partial charge in [0.05, 0.1) is 4.92 Å². The molecular formula is C15H22N6O3. The molecule has 3 rings (SSSR count). The van der Waals surface area contributed by atoms with Gasteiger partial charge in [0.2, 0.25) is 17.7 Å². The van der Waals surface area contributed by atoms with Gasteiger partial charge in [-0.3, -0.25) is 14.9 Å². The second-order valence-electron chi connectivity index (χ2n) is 6.97. The first-order valence-corrected chi connectivity index (χ1v) is 8.22. The number of carbonyl (C=O) groups excluding carboxylic acids is 1. The molecule has 130 valence electrons. The Balaban J connectivity index is 1.71. The summed E-state index contributed by atoms with van der Waals surface area (Å²) in [6, 6.07) is 0.0403. The quantitative estimate of drug-likeness (QED) is 0.533. The molecule has 1 amide bonds. The Labute approximate surface area is 139 Å². The summed E-state index contributed by atoms with van der Waals surface area (Å²) in [6.07, 6.45) is 6.15. The van der Waals surface area contributed by atoms with Crippen molar-refractivity contribution in [3.05, 3.63) is 16.3 Å². The molecule has 0 bridgehead atoms. The number of hydrogen-bond donors (Lipinski definition) is 3. The van der Waals surface area contributed by atoms with E-state index in [4.69, 9.17) is 5.73 Å². The van der Waals surface area contributed by atoms with Gasteiger partial charge in [-0.2, -0.15) is 4.98 Å². The van der Waals surface area contributed by atoms with E-state index in [1.54, 1.807) is 0 Å². The molecule has 2 aliphatic carbocycles. The van der Waals surface area contributed by atoms with Crippen molar-refractivity contribution in [2.45, 2.75) is 57.0 Å². The van der Waals surface area contributed by atoms with Crippen LogP contribution in [0.5, 0.6) is 0 Å². The van der Waals surface area contributed by atoms with Gasteiger partial charge in [0.15, 0.2) is 0 Å². The highest BCUT2D eigenvalue weighted by Crippen LogP contribution is 2.38. The summed E-state index contributed by atoms with van der Waals surface area (Å²) in [7, 11) is 0. The second kappa shape index (κ2) is 6.21. The van der Waals surface area contributed by atoms with E-state index in [1.807, 2.05) is 0 Å². The molecule has 0 aliphatic heterocycles. The fourth-order valence-corrected chi connectivity index (χ4v) is 2.97. The summed E-state index contributed by atoms with van der Waals surface area (Å²) in [5.41, 5.74) is 5.19. The molecule has 9 heteroatoms. The third kappa shape index (κ3) is 3.72. The third-order valence-electron chi connectivity index (χ3n) is 4.85. The average molecular weight is 334 g/mol. The molecule has 1 aromatic rings. The monoisotopic (exact) mass is 334 g/mol. The molecule has 24 heavy (non-hydrogen) atoms. The summed E-state index contributed by atoms with van der Waals surface area (Å²) in [6.45, 7) is 2.07. The van der Waals surface area contributed by atoms with Crippen molar-refractivity contribution in [2.24, 2.45) is 11.7 Å². The van der Waals surface area contributed by atoms with E-state index < -0.39 is 4.92 Å². The first-order valence-electron chi connectivity index (χ1n) is 8.22. The van der Waals surface area contributed by atoms with Crippen molar-refractivity contribution in [3.8, 4) is 0 Å². The van der Waals surface area contributed by atoms with E-state index in [1.165, 1.54) is 6.20 Å². The van der Waals surface area contributed by atoms with E-state index in [0.717, 1.165) is 25.7 Å². The minimum absolute atomic E-state index is 0.00699. The smallest absolute Gasteiger partial charge is 0.329 e. The number of nitrogens with two attached hydrogens (primary N) is 1. The van der Waals surface area contributed by atoms with Crippen LogP contribution in [-0.2, 0) is 4.79 Å². The van der Waals surface area contributed by atoms with Crippen LogP contribution in [0.4, 0.5) is 17.5 Å². The number of nitrogens with one attached hydrogen (secondary N) is 2. The van der Waals surface area contributed by atoms with E-state index in [0.29, 0.717) is 18.8 Å². The van der Waals surface area contributed by atoms with Gasteiger partial charge in [-0.1, -0.05) is 0 Å². The Morgan fingerprint density at radius 2 is 2.04 bits per heavy atom. The molecule has 0 aromatic carbocycles. The molecule has 1 heterocycles. The van der Waals surface area contributed by atoms with Crippen LogP contribution in [0, 0.1) is 16.0 Å². The Hall–Kier alpha value is -2.45. The highest BCUT2D eigenvalue weighted by atomic mass is 16.6. The maximum atomic E-state index is 11.2. The van der Waals surface area contributed by atoms with Crippen LogP contribution in [0.15, 0.2) is 6.20 Å². The molecule has 1 aromatic heterocycles. The minimum Gasteiger partial charge on any atom is -0.369 e. The molecule has 0 radical (unpaired) electrons. The number of amides is 1. The number of primary amides is 1. The van der Waals surface area contributed by atoms with Crippen molar-refractivity contribution in [1.29, 1.82) is 0 Å². The zero-order valence-corrected chi connectivity index (χ0v) is 13.6. The lowest BCUT2D eigenvalue weighted by Crippen LogP contribution is -2.33. The number of nitro groups is 1. The van der Waals surface area contributed by atoms with Crippen molar-refractivity contribution in [2.75, 3.05) is 10.6 Å². The van der Waals surface area contributed by atoms with Crippen LogP contribution >= 0.6 is 0 Å². The molecular weight excluding hydrogens is 312 g/mol. The molecule has 0 spiro atoms. The van der Waals surface area contributed by atoms with Crippen molar-refractivity contribution >= 4 is 23.4 Å². The summed E-state index contributed by atoms with van der Waals surface area (Å²) >= 11 is 0. The van der Waals surface area contributed by atoms with Gasteiger partial charge in [0.25, 0.3) is 0 Å². The van der Waals surface area contributed by atoms with Crippen molar-refractivity contribution < 1.29 is 9.72 Å². The van der Waals surface area contributed by atoms with Crippen LogP contribution in [0.2, 0.25) is 0 Å². The predicted octanol–water partition coefficient (Wildman–Crippen LogP) is 1.81. The summed E-state index contributed by atoms with van der Waals surface area (Å²) in [4.78, 5) is 30.3. The normalized spacial score (nSPS) is 24.9. The summed E-state index contributed by atoms with van der Waals surface area (Å²) in [5.74, 6) is 0.249. The van der Waals surface area contributed by atoms with E-state index >= 15 is 0 Å². The van der Waals surface area contributed by atoms with Gasteiger partial charge in [-0.05, 0) is 45.4 Å². The Morgan fingerprint density at radius 1 is 1.38 bits per heavy atom. The van der Waals surface area contributed by atoms with Gasteiger partial charge in [-0.15, -0.1) is 0 Å². The van der Waals surface area contributed by atoms with Gasteiger partial charge in [0.1, 0.15) is 6.20 Å². The minimum atomic E-state index is -0.486. The Kier molecular flexibility index (Phi) is 4.25. The first kappa shape index (κ1) is 16.4. The Bertz CT molecular complexity index is 653. The number of rotatable bonds is 6. The van der Waals surface area contributed by atoms with Gasteiger partial charge in [-0.25, -0.2) is 4.98 Å². The zero-order valence-electron chi connectivity index (χ0n) is 13.6. The third-order valence-corrected chi connectivity index (χ3v) is 4.85. The molecule has 9 nitrogen and oxygen atoms in total. The standard InChI is InChI=1S/C15H22N6O3/c1-15(6-7-15)20-14-17-8-11(21(23)24)13(19-14)18-10-4-2-9(3-5-10)12(16)22/h8-10H,2-7H2,1H3,(H2,16,22)(H2,17,18,19,20)/t9-,10-. The van der Waals surface area contributed by atoms with Crippen LogP contribution < -0.4 is 16.4 Å². The summed E-state index contributed by atoms with van der Waals surface area (Å²) in [5, 5.41) is 17.6. The molecule has 4 N–H and O–H groups in total. The lowest BCUT2D eigenvalue weighted by Gasteiger charge is -2.27. The fourth-order valence-electron chi connectivity index (χ4n) is 2.97. The van der Waals surface area contributed by atoms with Crippen LogP contribution in [-0.4, -0.2) is 32.4 Å². The van der Waals surface area contributed by atoms with Gasteiger partial charge >= 0.3 is 5.69 Å². The SMILES string of the molecule is CC1(Nc2ncc([N+](=O)[O-])c(N[C@H]3CC[C@H](C(N)=O)CC3)n2)CC1. The number of hydrogen-bond acceptors (Lipinski definition) is 7. The highest BCUT2D eigenvalue weighted by molar-refractivity contribution is 5.76. The van der Waals surface area contributed by atoms with Crippen LogP contribution in [0.1, 0.15) is 45.4 Å². The molecule has 0 unspecified atom stereocenters. The predicted molar refractivity (Wildman–Crippen MR) is 88.5 cm³/mol. The van der Waals surface area contributed by atoms with Gasteiger partial charge in [0, 0.05) is 17.5 Å². The zero-order chi connectivity index (χ0) is 17.3. The van der Waals surface area contributed by atoms with E-state index in [-0.39, 0.29) is 34.9 Å². The van der Waals surface area contributed by atoms with Crippen molar-refractivity contribution in [1.82, 2.24) is 9.97 Å². The molecule has 2 saturated carbocycles. The van der Waals surface area contributed by atoms with Gasteiger partial charge < -0.3 is 16.4 Å². The number of carbonyl (C=O) groups is 1. The average Bonchev–Trinajstić information content (AvgIpc) is 3.24. The summed E-state index contributed by atoms with van der Waals surface area (Å²) < 4.78 is 0. The maximum Gasteiger partial charge on any atom is 0.329 e. The van der Waals surface area contributed by atoms with Crippen LogP contribution in [0.3, 0.4) is 0 Å². The molecule has 2 aliphatic rings. The molecule has 2 fully saturated rings.